The van der Waals surface area contributed by atoms with E-state index < -0.39 is 23.8 Å². The molecule has 0 aliphatic rings. The number of carbonyl (C=O) groups excluding carboxylic acids is 1. The number of ether oxygens (including phenoxy) is 3. The van der Waals surface area contributed by atoms with Gasteiger partial charge in [-0.2, -0.15) is 13.2 Å². The molecule has 0 spiro atoms. The van der Waals surface area contributed by atoms with Gasteiger partial charge in [0, 0.05) is 17.7 Å². The first-order valence-electron chi connectivity index (χ1n) is 9.03. The molecule has 0 aromatic heterocycles. The van der Waals surface area contributed by atoms with Gasteiger partial charge in [-0.15, -0.1) is 0 Å². The van der Waals surface area contributed by atoms with Crippen molar-refractivity contribution in [2.75, 3.05) is 20.8 Å². The number of hydrogen-bond acceptors (Lipinski definition) is 6. The van der Waals surface area contributed by atoms with Gasteiger partial charge in [0.1, 0.15) is 31.1 Å². The molecule has 6 nitrogen and oxygen atoms in total. The standard InChI is InChI=1S/C21H17Cl3F3NO5/c1-30-20(29)18(28-31-2)14-6-4-3-5-12(14)11-33-13-9-15(22)19(16(23)10-13)32-8-7-17(24)21(25,26)27/h3-7,9-10H,8,11H2,1-2H3. The predicted octanol–water partition coefficient (Wildman–Crippen LogP) is 6.16. The van der Waals surface area contributed by atoms with Gasteiger partial charge in [0.15, 0.2) is 11.5 Å². The minimum atomic E-state index is -4.67. The molecule has 0 saturated carbocycles. The van der Waals surface area contributed by atoms with E-state index in [0.29, 0.717) is 17.2 Å². The number of alkyl halides is 3. The third-order valence-corrected chi connectivity index (χ3v) is 4.89. The molecule has 0 saturated heterocycles. The number of benzene rings is 2. The highest BCUT2D eigenvalue weighted by molar-refractivity contribution is 6.43. The van der Waals surface area contributed by atoms with Crippen molar-refractivity contribution in [3.05, 3.63) is 68.7 Å². The highest BCUT2D eigenvalue weighted by Gasteiger charge is 2.32. The maximum absolute atomic E-state index is 12.4. The molecule has 0 amide bonds. The van der Waals surface area contributed by atoms with E-state index in [-0.39, 0.29) is 33.9 Å². The highest BCUT2D eigenvalue weighted by atomic mass is 35.5. The van der Waals surface area contributed by atoms with Gasteiger partial charge in [-0.3, -0.25) is 0 Å². The quantitative estimate of drug-likeness (QED) is 0.222. The Labute approximate surface area is 202 Å². The molecule has 0 bridgehead atoms. The number of esters is 1. The molecular weight excluding hydrogens is 510 g/mol. The van der Waals surface area contributed by atoms with Gasteiger partial charge in [-0.25, -0.2) is 4.79 Å². The molecule has 0 aliphatic heterocycles. The van der Waals surface area contributed by atoms with Crippen LogP contribution in [0.5, 0.6) is 11.5 Å². The van der Waals surface area contributed by atoms with E-state index in [9.17, 15) is 18.0 Å². The van der Waals surface area contributed by atoms with Gasteiger partial charge in [0.25, 0.3) is 0 Å². The molecule has 178 valence electrons. The van der Waals surface area contributed by atoms with E-state index in [1.807, 2.05) is 0 Å². The SMILES string of the molecule is CON=C(C(=O)OC)c1ccccc1COc1cc(Cl)c(OCC=C(Cl)C(F)(F)F)c(Cl)c1. The van der Waals surface area contributed by atoms with Gasteiger partial charge in [-0.1, -0.05) is 64.2 Å². The van der Waals surface area contributed by atoms with Crippen LogP contribution in [-0.2, 0) is 21.0 Å². The van der Waals surface area contributed by atoms with Crippen molar-refractivity contribution in [3.63, 3.8) is 0 Å². The molecular formula is C21H17Cl3F3NO5. The number of methoxy groups -OCH3 is 1. The smallest absolute Gasteiger partial charge is 0.426 e. The monoisotopic (exact) mass is 525 g/mol. The van der Waals surface area contributed by atoms with Crippen LogP contribution < -0.4 is 9.47 Å². The van der Waals surface area contributed by atoms with Crippen molar-refractivity contribution in [3.8, 4) is 11.5 Å². The number of nitrogens with zero attached hydrogens (tertiary/aromatic N) is 1. The lowest BCUT2D eigenvalue weighted by Gasteiger charge is -2.14. The van der Waals surface area contributed by atoms with Gasteiger partial charge >= 0.3 is 12.1 Å². The van der Waals surface area contributed by atoms with Gasteiger partial charge in [-0.05, 0) is 11.6 Å². The van der Waals surface area contributed by atoms with E-state index in [1.54, 1.807) is 24.3 Å². The average molecular weight is 527 g/mol. The lowest BCUT2D eigenvalue weighted by Crippen LogP contribution is -2.19. The van der Waals surface area contributed by atoms with Gasteiger partial charge < -0.3 is 19.0 Å². The minimum Gasteiger partial charge on any atom is -0.489 e. The van der Waals surface area contributed by atoms with Gasteiger partial charge in [0.05, 0.1) is 17.2 Å². The maximum Gasteiger partial charge on any atom is 0.426 e. The molecule has 0 N–H and O–H groups in total. The van der Waals surface area contributed by atoms with Crippen LogP contribution in [0.4, 0.5) is 13.2 Å². The van der Waals surface area contributed by atoms with Crippen molar-refractivity contribution in [2.24, 2.45) is 5.16 Å². The van der Waals surface area contributed by atoms with Crippen molar-refractivity contribution in [1.29, 1.82) is 0 Å². The second kappa shape index (κ2) is 12.0. The molecule has 0 radical (unpaired) electrons. The van der Waals surface area contributed by atoms with Crippen molar-refractivity contribution in [2.45, 2.75) is 12.8 Å². The first kappa shape index (κ1) is 26.6. The summed E-state index contributed by atoms with van der Waals surface area (Å²) in [5.74, 6) is -0.481. The average Bonchev–Trinajstić information content (AvgIpc) is 2.76. The third kappa shape index (κ3) is 7.45. The summed E-state index contributed by atoms with van der Waals surface area (Å²) in [4.78, 5) is 16.8. The van der Waals surface area contributed by atoms with Crippen LogP contribution in [0.3, 0.4) is 0 Å². The summed E-state index contributed by atoms with van der Waals surface area (Å²) in [6.07, 6.45) is -4.02. The summed E-state index contributed by atoms with van der Waals surface area (Å²) in [6.45, 7) is -0.507. The molecule has 0 heterocycles. The lowest BCUT2D eigenvalue weighted by molar-refractivity contribution is -0.132. The summed E-state index contributed by atoms with van der Waals surface area (Å²) in [5.41, 5.74) is 0.958. The van der Waals surface area contributed by atoms with Gasteiger partial charge in [0.2, 0.25) is 0 Å². The number of hydrogen-bond donors (Lipinski definition) is 0. The van der Waals surface area contributed by atoms with E-state index >= 15 is 0 Å². The second-order valence-corrected chi connectivity index (χ2v) is 7.36. The van der Waals surface area contributed by atoms with E-state index in [1.165, 1.54) is 26.4 Å². The van der Waals surface area contributed by atoms with E-state index in [2.05, 4.69) is 5.16 Å². The largest absolute Gasteiger partial charge is 0.489 e. The molecule has 2 rings (SSSR count). The fraction of sp³-hybridized carbons (Fsp3) is 0.238. The second-order valence-electron chi connectivity index (χ2n) is 6.14. The molecule has 0 unspecified atom stereocenters. The van der Waals surface area contributed by atoms with Crippen molar-refractivity contribution < 1.29 is 37.0 Å². The molecule has 0 atom stereocenters. The van der Waals surface area contributed by atoms with Crippen LogP contribution in [0, 0.1) is 0 Å². The van der Waals surface area contributed by atoms with Crippen molar-refractivity contribution >= 4 is 46.5 Å². The van der Waals surface area contributed by atoms with Crippen LogP contribution in [0.2, 0.25) is 10.0 Å². The predicted molar refractivity (Wildman–Crippen MR) is 118 cm³/mol. The Balaban J connectivity index is 2.18. The minimum absolute atomic E-state index is 0.00725. The summed E-state index contributed by atoms with van der Waals surface area (Å²) >= 11 is 17.4. The lowest BCUT2D eigenvalue weighted by atomic mass is 10.0. The van der Waals surface area contributed by atoms with Crippen LogP contribution in [-0.4, -0.2) is 38.7 Å². The zero-order chi connectivity index (χ0) is 24.6. The zero-order valence-electron chi connectivity index (χ0n) is 17.2. The molecule has 0 fully saturated rings. The number of rotatable bonds is 9. The summed E-state index contributed by atoms with van der Waals surface area (Å²) in [6, 6.07) is 9.55. The Morgan fingerprint density at radius 1 is 1.09 bits per heavy atom. The molecule has 2 aromatic rings. The Kier molecular flexibility index (Phi) is 9.70. The van der Waals surface area contributed by atoms with Crippen LogP contribution in [0.1, 0.15) is 11.1 Å². The topological polar surface area (TPSA) is 66.4 Å². The van der Waals surface area contributed by atoms with Crippen LogP contribution in [0.15, 0.2) is 52.7 Å². The number of allylic oxidation sites excluding steroid dienone is 1. The fourth-order valence-electron chi connectivity index (χ4n) is 2.49. The first-order chi connectivity index (χ1) is 15.6. The Bertz CT molecular complexity index is 1030. The first-order valence-corrected chi connectivity index (χ1v) is 10.2. The maximum atomic E-state index is 12.4. The molecule has 12 heteroatoms. The highest BCUT2D eigenvalue weighted by Crippen LogP contribution is 2.37. The number of halogens is 6. The summed E-state index contributed by atoms with van der Waals surface area (Å²) < 4.78 is 53.0. The fourth-order valence-corrected chi connectivity index (χ4v) is 3.13. The van der Waals surface area contributed by atoms with Crippen molar-refractivity contribution in [1.82, 2.24) is 0 Å². The van der Waals surface area contributed by atoms with E-state index in [0.717, 1.165) is 0 Å². The zero-order valence-corrected chi connectivity index (χ0v) is 19.5. The Morgan fingerprint density at radius 3 is 2.30 bits per heavy atom. The molecule has 2 aromatic carbocycles. The molecule has 0 aliphatic carbocycles. The molecule has 33 heavy (non-hydrogen) atoms. The number of oxime groups is 1. The third-order valence-electron chi connectivity index (χ3n) is 3.96. The van der Waals surface area contributed by atoms with Crippen LogP contribution >= 0.6 is 34.8 Å². The normalized spacial score (nSPS) is 12.4. The summed E-state index contributed by atoms with van der Waals surface area (Å²) in [7, 11) is 2.51. The van der Waals surface area contributed by atoms with Crippen LogP contribution in [0.25, 0.3) is 0 Å². The van der Waals surface area contributed by atoms with E-state index in [4.69, 9.17) is 53.9 Å². The number of carbonyl (C=O) groups is 1. The Hall–Kier alpha value is -2.62. The Morgan fingerprint density at radius 2 is 1.73 bits per heavy atom. The summed E-state index contributed by atoms with van der Waals surface area (Å²) in [5, 5.41) is 2.42.